The van der Waals surface area contributed by atoms with Gasteiger partial charge in [0.2, 0.25) is 5.88 Å². The van der Waals surface area contributed by atoms with Crippen molar-refractivity contribution in [2.75, 3.05) is 26.8 Å². The Labute approximate surface area is 257 Å². The molecule has 2 aromatic heterocycles. The molecule has 2 aliphatic heterocycles. The second-order valence-corrected chi connectivity index (χ2v) is 12.2. The second-order valence-electron chi connectivity index (χ2n) is 11.4. The lowest BCUT2D eigenvalue weighted by molar-refractivity contribution is -0.0591. The van der Waals surface area contributed by atoms with Crippen molar-refractivity contribution in [1.29, 1.82) is 0 Å². The highest BCUT2D eigenvalue weighted by atomic mass is 35.5. The number of pyridine rings is 1. The number of likely N-dealkylation sites (tertiary alicyclic amines) is 1. The van der Waals surface area contributed by atoms with Crippen LogP contribution in [0.3, 0.4) is 0 Å². The average molecular weight is 628 g/mol. The van der Waals surface area contributed by atoms with E-state index in [1.807, 2.05) is 0 Å². The van der Waals surface area contributed by atoms with Gasteiger partial charge in [-0.3, -0.25) is 4.90 Å². The van der Waals surface area contributed by atoms with Crippen molar-refractivity contribution >= 4 is 40.2 Å². The smallest absolute Gasteiger partial charge is 0.335 e. The van der Waals surface area contributed by atoms with Gasteiger partial charge in [-0.1, -0.05) is 29.3 Å². The molecular weight excluding hydrogens is 598 g/mol. The SMILES string of the molecule is COc1cc(C(=O)O)cc2c1nc(CN1CC3C(C1)C3c1nc(OCc3ccc(Cl)cc3F)ccc1Cl)n2C[C@@H]1CCO1. The van der Waals surface area contributed by atoms with Gasteiger partial charge in [0.15, 0.2) is 0 Å². The average Bonchev–Trinajstić information content (AvgIpc) is 3.27. The molecule has 0 radical (unpaired) electrons. The van der Waals surface area contributed by atoms with Crippen LogP contribution in [0.15, 0.2) is 42.5 Å². The van der Waals surface area contributed by atoms with Crippen molar-refractivity contribution in [2.24, 2.45) is 11.8 Å². The number of nitrogens with zero attached hydrogens (tertiary/aromatic N) is 4. The first kappa shape index (κ1) is 28.3. The first-order valence-electron chi connectivity index (χ1n) is 14.2. The summed E-state index contributed by atoms with van der Waals surface area (Å²) < 4.78 is 33.3. The first-order chi connectivity index (χ1) is 20.8. The molecule has 12 heteroatoms. The van der Waals surface area contributed by atoms with E-state index in [-0.39, 0.29) is 24.2 Å². The van der Waals surface area contributed by atoms with Gasteiger partial charge in [-0.25, -0.2) is 19.2 Å². The number of carboxylic acids is 1. The van der Waals surface area contributed by atoms with Crippen LogP contribution in [0.25, 0.3) is 11.0 Å². The van der Waals surface area contributed by atoms with E-state index in [1.165, 1.54) is 19.2 Å². The highest BCUT2D eigenvalue weighted by Gasteiger charge is 2.57. The van der Waals surface area contributed by atoms with E-state index in [9.17, 15) is 14.3 Å². The lowest BCUT2D eigenvalue weighted by Gasteiger charge is -2.28. The van der Waals surface area contributed by atoms with Gasteiger partial charge in [-0.15, -0.1) is 0 Å². The van der Waals surface area contributed by atoms with E-state index in [0.717, 1.165) is 43.2 Å². The number of methoxy groups -OCH3 is 1. The molecule has 3 fully saturated rings. The zero-order chi connectivity index (χ0) is 29.8. The molecule has 0 amide bonds. The normalized spacial score (nSPS) is 22.8. The molecule has 2 saturated heterocycles. The van der Waals surface area contributed by atoms with Crippen molar-refractivity contribution in [2.45, 2.75) is 38.1 Å². The highest BCUT2D eigenvalue weighted by molar-refractivity contribution is 6.31. The Morgan fingerprint density at radius 1 is 1.14 bits per heavy atom. The van der Waals surface area contributed by atoms with Crippen molar-refractivity contribution in [3.63, 3.8) is 0 Å². The number of ether oxygens (including phenoxy) is 3. The molecule has 4 heterocycles. The fraction of sp³-hybridized carbons (Fsp3) is 0.387. The molecule has 2 unspecified atom stereocenters. The van der Waals surface area contributed by atoms with Gasteiger partial charge in [0.1, 0.15) is 29.5 Å². The number of aromatic nitrogens is 3. The van der Waals surface area contributed by atoms with Crippen LogP contribution in [0.2, 0.25) is 10.0 Å². The topological polar surface area (TPSA) is 98.9 Å². The lowest BCUT2D eigenvalue weighted by Crippen LogP contribution is -2.33. The van der Waals surface area contributed by atoms with Crippen LogP contribution in [0.4, 0.5) is 4.39 Å². The molecule has 224 valence electrons. The summed E-state index contributed by atoms with van der Waals surface area (Å²) >= 11 is 12.4. The van der Waals surface area contributed by atoms with Crippen LogP contribution in [0, 0.1) is 17.7 Å². The molecule has 9 nitrogen and oxygen atoms in total. The van der Waals surface area contributed by atoms with Gasteiger partial charge < -0.3 is 23.9 Å². The van der Waals surface area contributed by atoms with Gasteiger partial charge in [-0.2, -0.15) is 0 Å². The highest BCUT2D eigenvalue weighted by Crippen LogP contribution is 2.59. The number of carboxylic acid groups (broad SMARTS) is 1. The van der Waals surface area contributed by atoms with Gasteiger partial charge in [0.25, 0.3) is 0 Å². The Morgan fingerprint density at radius 2 is 1.93 bits per heavy atom. The van der Waals surface area contributed by atoms with E-state index < -0.39 is 11.8 Å². The summed E-state index contributed by atoms with van der Waals surface area (Å²) in [6.45, 7) is 3.70. The third-order valence-corrected chi connectivity index (χ3v) is 9.29. The third-order valence-electron chi connectivity index (χ3n) is 8.73. The molecule has 43 heavy (non-hydrogen) atoms. The molecule has 0 spiro atoms. The van der Waals surface area contributed by atoms with Crippen molar-refractivity contribution in [3.8, 4) is 11.6 Å². The Morgan fingerprint density at radius 3 is 2.60 bits per heavy atom. The van der Waals surface area contributed by atoms with Crippen LogP contribution in [0.1, 0.15) is 39.8 Å². The number of piperidine rings is 1. The van der Waals surface area contributed by atoms with Crippen LogP contribution < -0.4 is 9.47 Å². The maximum absolute atomic E-state index is 14.2. The number of aromatic carboxylic acids is 1. The Bertz CT molecular complexity index is 1720. The minimum absolute atomic E-state index is 0.0357. The molecule has 1 saturated carbocycles. The van der Waals surface area contributed by atoms with Crippen molar-refractivity contribution in [3.05, 3.63) is 81.0 Å². The van der Waals surface area contributed by atoms with E-state index in [4.69, 9.17) is 47.4 Å². The van der Waals surface area contributed by atoms with Crippen LogP contribution in [0.5, 0.6) is 11.6 Å². The molecule has 7 rings (SSSR count). The summed E-state index contributed by atoms with van der Waals surface area (Å²) in [7, 11) is 1.53. The van der Waals surface area contributed by atoms with Gasteiger partial charge >= 0.3 is 5.97 Å². The molecule has 2 aromatic carbocycles. The molecule has 4 aromatic rings. The third kappa shape index (κ3) is 5.42. The van der Waals surface area contributed by atoms with E-state index >= 15 is 0 Å². The van der Waals surface area contributed by atoms with Crippen LogP contribution in [-0.4, -0.2) is 63.4 Å². The van der Waals surface area contributed by atoms with Gasteiger partial charge in [-0.05, 0) is 48.6 Å². The number of fused-ring (bicyclic) bond motifs is 2. The zero-order valence-electron chi connectivity index (χ0n) is 23.3. The molecule has 1 aliphatic carbocycles. The Hall–Kier alpha value is -3.44. The van der Waals surface area contributed by atoms with Crippen molar-refractivity contribution < 1.29 is 28.5 Å². The summed E-state index contributed by atoms with van der Waals surface area (Å²) in [4.78, 5) is 23.8. The van der Waals surface area contributed by atoms with Gasteiger partial charge in [0, 0.05) is 42.3 Å². The number of hydrogen-bond acceptors (Lipinski definition) is 7. The summed E-state index contributed by atoms with van der Waals surface area (Å²) in [5, 5.41) is 10.6. The monoisotopic (exact) mass is 626 g/mol. The molecule has 0 bridgehead atoms. The maximum atomic E-state index is 14.2. The second kappa shape index (κ2) is 11.2. The summed E-state index contributed by atoms with van der Waals surface area (Å²) in [5.41, 5.74) is 2.75. The molecule has 1 N–H and O–H groups in total. The minimum atomic E-state index is -1.01. The summed E-state index contributed by atoms with van der Waals surface area (Å²) in [5.74, 6) is 1.27. The van der Waals surface area contributed by atoms with Gasteiger partial charge in [0.05, 0.1) is 48.1 Å². The predicted molar refractivity (Wildman–Crippen MR) is 158 cm³/mol. The number of benzene rings is 2. The fourth-order valence-corrected chi connectivity index (χ4v) is 6.76. The Balaban J connectivity index is 1.06. The lowest BCUT2D eigenvalue weighted by atomic mass is 10.1. The first-order valence-corrected chi connectivity index (χ1v) is 14.9. The van der Waals surface area contributed by atoms with E-state index in [2.05, 4.69) is 9.47 Å². The van der Waals surface area contributed by atoms with Crippen LogP contribution in [-0.2, 0) is 24.4 Å². The molecule has 3 atom stereocenters. The summed E-state index contributed by atoms with van der Waals surface area (Å²) in [6, 6.07) is 11.2. The quantitative estimate of drug-likeness (QED) is 0.236. The van der Waals surface area contributed by atoms with Crippen molar-refractivity contribution in [1.82, 2.24) is 19.4 Å². The predicted octanol–water partition coefficient (Wildman–Crippen LogP) is 5.80. The summed E-state index contributed by atoms with van der Waals surface area (Å²) in [6.07, 6.45) is 1.03. The number of imidazole rings is 1. The Kier molecular flexibility index (Phi) is 7.41. The van der Waals surface area contributed by atoms with E-state index in [1.54, 1.807) is 30.3 Å². The van der Waals surface area contributed by atoms with Crippen LogP contribution >= 0.6 is 23.2 Å². The number of carbonyl (C=O) groups is 1. The largest absolute Gasteiger partial charge is 0.494 e. The number of rotatable bonds is 10. The van der Waals surface area contributed by atoms with E-state index in [0.29, 0.717) is 57.7 Å². The number of halogens is 3. The standard InChI is InChI=1S/C31H29Cl2FN4O5/c1-41-25-9-17(31(39)40)8-24-30(25)35-26(38(24)11-19-6-7-42-19)14-37-12-20-21(13-37)28(20)29-22(33)4-5-27(36-29)43-15-16-2-3-18(32)10-23(16)34/h2-5,8-10,19-21,28H,6-7,11-15H2,1H3,(H,39,40)/t19-,20?,21?,28?/m0/s1. The molecular formula is C31H29Cl2FN4O5. The fourth-order valence-electron chi connectivity index (χ4n) is 6.37. The molecule has 3 aliphatic rings. The minimum Gasteiger partial charge on any atom is -0.494 e. The zero-order valence-corrected chi connectivity index (χ0v) is 24.8. The maximum Gasteiger partial charge on any atom is 0.335 e. The number of hydrogen-bond donors (Lipinski definition) is 1.